The van der Waals surface area contributed by atoms with Gasteiger partial charge in [-0.05, 0) is 61.7 Å². The first-order valence-corrected chi connectivity index (χ1v) is 11.9. The zero-order valence-electron chi connectivity index (χ0n) is 18.6. The number of nitrogens with one attached hydrogen (secondary N) is 1. The normalized spacial score (nSPS) is 13.8. The maximum absolute atomic E-state index is 12.9. The number of piperidine rings is 1. The molecule has 0 amide bonds. The van der Waals surface area contributed by atoms with E-state index < -0.39 is 0 Å². The molecule has 1 fully saturated rings. The summed E-state index contributed by atoms with van der Waals surface area (Å²) in [4.78, 5) is 24.3. The van der Waals surface area contributed by atoms with Crippen LogP contribution in [0.3, 0.4) is 0 Å². The van der Waals surface area contributed by atoms with Crippen molar-refractivity contribution in [2.75, 3.05) is 23.3 Å². The zero-order chi connectivity index (χ0) is 23.7. The Bertz CT molecular complexity index is 1380. The molecule has 1 aliphatic heterocycles. The van der Waals surface area contributed by atoms with Gasteiger partial charge in [0.15, 0.2) is 11.5 Å². The van der Waals surface area contributed by atoms with Gasteiger partial charge in [-0.3, -0.25) is 9.36 Å². The Morgan fingerprint density at radius 1 is 1.00 bits per heavy atom. The van der Waals surface area contributed by atoms with Crippen molar-refractivity contribution in [1.82, 2.24) is 14.5 Å². The van der Waals surface area contributed by atoms with E-state index in [0.717, 1.165) is 18.8 Å². The second-order valence-corrected chi connectivity index (χ2v) is 9.03. The number of anilines is 3. The maximum atomic E-state index is 12.9. The number of ether oxygens (including phenoxy) is 1. The lowest BCUT2D eigenvalue weighted by atomic mass is 10.1. The molecule has 4 aromatic rings. The van der Waals surface area contributed by atoms with Gasteiger partial charge in [0.2, 0.25) is 5.95 Å². The summed E-state index contributed by atoms with van der Waals surface area (Å²) in [5.74, 6) is 0.716. The summed E-state index contributed by atoms with van der Waals surface area (Å²) in [7, 11) is 1.63. The van der Waals surface area contributed by atoms with Gasteiger partial charge in [-0.1, -0.05) is 29.3 Å². The van der Waals surface area contributed by atoms with Crippen LogP contribution in [0.25, 0.3) is 11.0 Å². The molecule has 1 aliphatic rings. The van der Waals surface area contributed by atoms with Crippen LogP contribution in [-0.4, -0.2) is 27.6 Å². The van der Waals surface area contributed by atoms with Crippen LogP contribution < -0.4 is 20.5 Å². The molecule has 9 heteroatoms. The van der Waals surface area contributed by atoms with Crippen LogP contribution in [0.1, 0.15) is 19.3 Å². The number of para-hydroxylation sites is 1. The molecule has 7 nitrogen and oxygen atoms in total. The Kier molecular flexibility index (Phi) is 6.30. The van der Waals surface area contributed by atoms with Crippen LogP contribution in [0.5, 0.6) is 11.5 Å². The van der Waals surface area contributed by atoms with Gasteiger partial charge in [0, 0.05) is 43.1 Å². The van der Waals surface area contributed by atoms with E-state index in [4.69, 9.17) is 27.9 Å². The highest BCUT2D eigenvalue weighted by Gasteiger charge is 2.15. The Morgan fingerprint density at radius 3 is 2.41 bits per heavy atom. The largest absolute Gasteiger partial charge is 0.448 e. The molecule has 174 valence electrons. The molecular weight excluding hydrogens is 473 g/mol. The Labute approximate surface area is 206 Å². The minimum atomic E-state index is -0.362. The fourth-order valence-corrected chi connectivity index (χ4v) is 4.55. The average Bonchev–Trinajstić information content (AvgIpc) is 2.86. The molecule has 5 rings (SSSR count). The van der Waals surface area contributed by atoms with E-state index >= 15 is 0 Å². The Morgan fingerprint density at radius 2 is 1.71 bits per heavy atom. The van der Waals surface area contributed by atoms with Gasteiger partial charge >= 0.3 is 0 Å². The third kappa shape index (κ3) is 4.54. The van der Waals surface area contributed by atoms with Crippen LogP contribution in [-0.2, 0) is 7.05 Å². The number of halogens is 2. The second kappa shape index (κ2) is 9.52. The minimum absolute atomic E-state index is 0.0858. The number of pyridine rings is 1. The predicted molar refractivity (Wildman–Crippen MR) is 137 cm³/mol. The molecule has 2 aromatic heterocycles. The van der Waals surface area contributed by atoms with E-state index in [1.54, 1.807) is 37.5 Å². The van der Waals surface area contributed by atoms with Crippen molar-refractivity contribution in [3.05, 3.63) is 75.1 Å². The molecule has 1 N–H and O–H groups in total. The lowest BCUT2D eigenvalue weighted by molar-refractivity contribution is 0.472. The average molecular weight is 496 g/mol. The fraction of sp³-hybridized carbons (Fsp3) is 0.240. The number of hydrogen-bond donors (Lipinski definition) is 1. The molecule has 0 aliphatic carbocycles. The number of fused-ring (bicyclic) bond motifs is 1. The quantitative estimate of drug-likeness (QED) is 0.357. The van der Waals surface area contributed by atoms with Crippen LogP contribution >= 0.6 is 23.2 Å². The SMILES string of the molecule is Cn1c(=O)c(Oc2c(Cl)cccc2Cl)cc2cnc(Nc3ccc(N4CCCCC4)cc3)nc21. The number of rotatable bonds is 5. The minimum Gasteiger partial charge on any atom is -0.448 e. The molecule has 0 saturated carbocycles. The lowest BCUT2D eigenvalue weighted by Gasteiger charge is -2.28. The summed E-state index contributed by atoms with van der Waals surface area (Å²) in [6.45, 7) is 2.20. The van der Waals surface area contributed by atoms with Crippen LogP contribution in [0.2, 0.25) is 10.0 Å². The molecule has 3 heterocycles. The highest BCUT2D eigenvalue weighted by atomic mass is 35.5. The van der Waals surface area contributed by atoms with Gasteiger partial charge < -0.3 is 15.0 Å². The summed E-state index contributed by atoms with van der Waals surface area (Å²) < 4.78 is 7.19. The summed E-state index contributed by atoms with van der Waals surface area (Å²) in [5, 5.41) is 4.50. The molecule has 1 saturated heterocycles. The van der Waals surface area contributed by atoms with Crippen molar-refractivity contribution in [2.24, 2.45) is 7.05 Å². The molecule has 0 atom stereocenters. The van der Waals surface area contributed by atoms with Crippen molar-refractivity contribution in [3.8, 4) is 11.5 Å². The molecule has 2 aromatic carbocycles. The van der Waals surface area contributed by atoms with Gasteiger partial charge in [0.1, 0.15) is 5.65 Å². The maximum Gasteiger partial charge on any atom is 0.294 e. The summed E-state index contributed by atoms with van der Waals surface area (Å²) in [5.41, 5.74) is 2.21. The first-order valence-electron chi connectivity index (χ1n) is 11.1. The molecular formula is C25H23Cl2N5O2. The third-order valence-corrected chi connectivity index (χ3v) is 6.49. The van der Waals surface area contributed by atoms with Crippen molar-refractivity contribution in [3.63, 3.8) is 0 Å². The van der Waals surface area contributed by atoms with Gasteiger partial charge in [-0.15, -0.1) is 0 Å². The number of aryl methyl sites for hydroxylation is 1. The van der Waals surface area contributed by atoms with E-state index in [0.29, 0.717) is 27.0 Å². The Hall–Kier alpha value is -3.29. The van der Waals surface area contributed by atoms with Crippen molar-refractivity contribution in [2.45, 2.75) is 19.3 Å². The first-order chi connectivity index (χ1) is 16.5. The van der Waals surface area contributed by atoms with Crippen LogP contribution in [0, 0.1) is 0 Å². The van der Waals surface area contributed by atoms with Gasteiger partial charge in [-0.2, -0.15) is 4.98 Å². The van der Waals surface area contributed by atoms with Gasteiger partial charge in [0.05, 0.1) is 10.0 Å². The zero-order valence-corrected chi connectivity index (χ0v) is 20.1. The highest BCUT2D eigenvalue weighted by molar-refractivity contribution is 6.37. The fourth-order valence-electron chi connectivity index (χ4n) is 4.08. The topological polar surface area (TPSA) is 72.3 Å². The lowest BCUT2D eigenvalue weighted by Crippen LogP contribution is -2.29. The van der Waals surface area contributed by atoms with Crippen molar-refractivity contribution < 1.29 is 4.74 Å². The highest BCUT2D eigenvalue weighted by Crippen LogP contribution is 2.35. The number of aromatic nitrogens is 3. The van der Waals surface area contributed by atoms with Gasteiger partial charge in [-0.25, -0.2) is 4.98 Å². The van der Waals surface area contributed by atoms with Crippen molar-refractivity contribution in [1.29, 1.82) is 0 Å². The molecule has 0 unspecified atom stereocenters. The number of benzene rings is 2. The van der Waals surface area contributed by atoms with E-state index in [9.17, 15) is 4.79 Å². The molecule has 0 bridgehead atoms. The Balaban J connectivity index is 1.40. The number of hydrogen-bond acceptors (Lipinski definition) is 6. The summed E-state index contributed by atoms with van der Waals surface area (Å²) in [6.07, 6.45) is 5.43. The van der Waals surface area contributed by atoms with Crippen molar-refractivity contribution >= 4 is 51.6 Å². The van der Waals surface area contributed by atoms with E-state index in [2.05, 4.69) is 32.3 Å². The number of nitrogens with zero attached hydrogens (tertiary/aromatic N) is 4. The first kappa shape index (κ1) is 22.5. The molecule has 0 spiro atoms. The van der Waals surface area contributed by atoms with Gasteiger partial charge in [0.25, 0.3) is 5.56 Å². The standard InChI is InChI=1S/C25H23Cl2N5O2/c1-31-23-16(14-21(24(31)33)34-22-19(26)6-5-7-20(22)27)15-28-25(30-23)29-17-8-10-18(11-9-17)32-12-3-2-4-13-32/h5-11,14-15H,2-4,12-13H2,1H3,(H,28,29,30). The van der Waals surface area contributed by atoms with E-state index in [1.165, 1.54) is 29.5 Å². The summed E-state index contributed by atoms with van der Waals surface area (Å²) in [6, 6.07) is 14.8. The van der Waals surface area contributed by atoms with E-state index in [-0.39, 0.29) is 17.1 Å². The molecule has 34 heavy (non-hydrogen) atoms. The van der Waals surface area contributed by atoms with E-state index in [1.807, 2.05) is 12.1 Å². The third-order valence-electron chi connectivity index (χ3n) is 5.89. The predicted octanol–water partition coefficient (Wildman–Crippen LogP) is 6.16. The second-order valence-electron chi connectivity index (χ2n) is 8.22. The van der Waals surface area contributed by atoms with Crippen LogP contribution in [0.4, 0.5) is 17.3 Å². The summed E-state index contributed by atoms with van der Waals surface area (Å²) >= 11 is 12.4. The monoisotopic (exact) mass is 495 g/mol. The molecule has 0 radical (unpaired) electrons. The van der Waals surface area contributed by atoms with Crippen LogP contribution in [0.15, 0.2) is 59.5 Å². The smallest absolute Gasteiger partial charge is 0.294 e.